The van der Waals surface area contributed by atoms with Crippen LogP contribution in [0.15, 0.2) is 28.7 Å². The van der Waals surface area contributed by atoms with E-state index in [9.17, 15) is 4.79 Å². The minimum Gasteiger partial charge on any atom is -0.338 e. The molecule has 1 heterocycles. The second kappa shape index (κ2) is 8.39. The van der Waals surface area contributed by atoms with Crippen molar-refractivity contribution in [1.29, 1.82) is 0 Å². The number of hydrogen-bond donors (Lipinski definition) is 3. The Morgan fingerprint density at radius 3 is 2.81 bits per heavy atom. The Balaban J connectivity index is 1.70. The van der Waals surface area contributed by atoms with Crippen LogP contribution in [0.5, 0.6) is 0 Å². The summed E-state index contributed by atoms with van der Waals surface area (Å²) in [5.41, 5.74) is 1.21. The molecule has 0 bridgehead atoms. The lowest BCUT2D eigenvalue weighted by atomic mass is 9.98. The van der Waals surface area contributed by atoms with Gasteiger partial charge in [0.1, 0.15) is 0 Å². The molecule has 0 saturated carbocycles. The van der Waals surface area contributed by atoms with Crippen molar-refractivity contribution >= 4 is 22.0 Å². The second-order valence-electron chi connectivity index (χ2n) is 5.74. The van der Waals surface area contributed by atoms with Gasteiger partial charge in [0.05, 0.1) is 0 Å². The van der Waals surface area contributed by atoms with E-state index in [2.05, 4.69) is 37.9 Å². The standard InChI is InChI=1S/C16H24BrN3O/c1-12(10-14-4-2-3-5-15(14)17)20-16(21)19-11-13-6-8-18-9-7-13/h2-5,12-13,18H,6-11H2,1H3,(H2,19,20,21). The van der Waals surface area contributed by atoms with Crippen molar-refractivity contribution in [2.45, 2.75) is 32.2 Å². The number of amides is 2. The van der Waals surface area contributed by atoms with Crippen LogP contribution in [0.25, 0.3) is 0 Å². The summed E-state index contributed by atoms with van der Waals surface area (Å²) in [6.45, 7) is 4.93. The molecule has 1 atom stereocenters. The molecular formula is C16H24BrN3O. The van der Waals surface area contributed by atoms with Crippen LogP contribution in [0.1, 0.15) is 25.3 Å². The predicted octanol–water partition coefficient (Wildman–Crippen LogP) is 2.68. The van der Waals surface area contributed by atoms with Gasteiger partial charge >= 0.3 is 6.03 Å². The van der Waals surface area contributed by atoms with Gasteiger partial charge in [0.2, 0.25) is 0 Å². The van der Waals surface area contributed by atoms with E-state index in [1.54, 1.807) is 0 Å². The Kier molecular flexibility index (Phi) is 6.51. The molecule has 0 aromatic heterocycles. The van der Waals surface area contributed by atoms with Crippen molar-refractivity contribution < 1.29 is 4.79 Å². The lowest BCUT2D eigenvalue weighted by Gasteiger charge is -2.23. The van der Waals surface area contributed by atoms with E-state index < -0.39 is 0 Å². The summed E-state index contributed by atoms with van der Waals surface area (Å²) in [5.74, 6) is 0.607. The summed E-state index contributed by atoms with van der Waals surface area (Å²) in [6, 6.07) is 8.17. The molecule has 2 rings (SSSR count). The smallest absolute Gasteiger partial charge is 0.315 e. The third kappa shape index (κ3) is 5.67. The number of rotatable bonds is 5. The maximum absolute atomic E-state index is 11.9. The van der Waals surface area contributed by atoms with Crippen molar-refractivity contribution in [3.63, 3.8) is 0 Å². The first-order valence-electron chi connectivity index (χ1n) is 7.63. The summed E-state index contributed by atoms with van der Waals surface area (Å²) in [5, 5.41) is 9.34. The van der Waals surface area contributed by atoms with Gasteiger partial charge in [-0.15, -0.1) is 0 Å². The molecule has 1 aliphatic rings. The van der Waals surface area contributed by atoms with Gasteiger partial charge in [-0.1, -0.05) is 34.1 Å². The van der Waals surface area contributed by atoms with Crippen LogP contribution < -0.4 is 16.0 Å². The molecule has 0 aliphatic carbocycles. The average molecular weight is 354 g/mol. The SMILES string of the molecule is CC(Cc1ccccc1Br)NC(=O)NCC1CCNCC1. The molecule has 3 N–H and O–H groups in total. The van der Waals surface area contributed by atoms with Crippen molar-refractivity contribution in [3.8, 4) is 0 Å². The highest BCUT2D eigenvalue weighted by Crippen LogP contribution is 2.17. The van der Waals surface area contributed by atoms with Crippen LogP contribution in [0.4, 0.5) is 4.79 Å². The van der Waals surface area contributed by atoms with Gasteiger partial charge in [0.15, 0.2) is 0 Å². The minimum atomic E-state index is -0.0620. The van der Waals surface area contributed by atoms with Crippen LogP contribution >= 0.6 is 15.9 Å². The van der Waals surface area contributed by atoms with E-state index in [0.29, 0.717) is 5.92 Å². The number of piperidine rings is 1. The fourth-order valence-corrected chi connectivity index (χ4v) is 3.09. The van der Waals surface area contributed by atoms with Gasteiger partial charge in [-0.2, -0.15) is 0 Å². The first kappa shape index (κ1) is 16.3. The normalized spacial score (nSPS) is 17.2. The summed E-state index contributed by atoms with van der Waals surface area (Å²) in [6.07, 6.45) is 3.11. The third-order valence-corrected chi connectivity index (χ3v) is 4.65. The van der Waals surface area contributed by atoms with E-state index in [4.69, 9.17) is 0 Å². The molecule has 1 unspecified atom stereocenters. The van der Waals surface area contributed by atoms with Crippen LogP contribution in [-0.4, -0.2) is 31.7 Å². The Morgan fingerprint density at radius 1 is 1.38 bits per heavy atom. The van der Waals surface area contributed by atoms with Crippen molar-refractivity contribution in [2.24, 2.45) is 5.92 Å². The van der Waals surface area contributed by atoms with Gasteiger partial charge in [0, 0.05) is 17.1 Å². The van der Waals surface area contributed by atoms with Gasteiger partial charge in [0.25, 0.3) is 0 Å². The maximum atomic E-state index is 11.9. The fraction of sp³-hybridized carbons (Fsp3) is 0.562. The van der Waals surface area contributed by atoms with E-state index in [1.165, 1.54) is 5.56 Å². The highest BCUT2D eigenvalue weighted by atomic mass is 79.9. The molecule has 1 fully saturated rings. The van der Waals surface area contributed by atoms with Gasteiger partial charge in [-0.3, -0.25) is 0 Å². The molecule has 0 spiro atoms. The Bertz CT molecular complexity index is 461. The molecule has 2 amide bonds. The van der Waals surface area contributed by atoms with Crippen molar-refractivity contribution in [3.05, 3.63) is 34.3 Å². The molecule has 5 heteroatoms. The van der Waals surface area contributed by atoms with Crippen molar-refractivity contribution in [1.82, 2.24) is 16.0 Å². The summed E-state index contributed by atoms with van der Waals surface area (Å²) in [4.78, 5) is 11.9. The Hall–Kier alpha value is -1.07. The molecule has 1 aromatic rings. The zero-order valence-electron chi connectivity index (χ0n) is 12.5. The zero-order chi connectivity index (χ0) is 15.1. The first-order valence-corrected chi connectivity index (χ1v) is 8.43. The number of nitrogens with one attached hydrogen (secondary N) is 3. The van der Waals surface area contributed by atoms with E-state index in [-0.39, 0.29) is 12.1 Å². The van der Waals surface area contributed by atoms with Crippen LogP contribution in [0.3, 0.4) is 0 Å². The highest BCUT2D eigenvalue weighted by molar-refractivity contribution is 9.10. The van der Waals surface area contributed by atoms with Crippen LogP contribution in [-0.2, 0) is 6.42 Å². The maximum Gasteiger partial charge on any atom is 0.315 e. The average Bonchev–Trinajstić information content (AvgIpc) is 2.48. The largest absolute Gasteiger partial charge is 0.338 e. The zero-order valence-corrected chi connectivity index (χ0v) is 14.1. The van der Waals surface area contributed by atoms with Crippen LogP contribution in [0, 0.1) is 5.92 Å². The number of urea groups is 1. The van der Waals surface area contributed by atoms with Gasteiger partial charge in [-0.05, 0) is 56.8 Å². The highest BCUT2D eigenvalue weighted by Gasteiger charge is 2.15. The molecule has 1 aromatic carbocycles. The molecule has 4 nitrogen and oxygen atoms in total. The molecule has 1 saturated heterocycles. The summed E-state index contributed by atoms with van der Waals surface area (Å²) in [7, 11) is 0. The van der Waals surface area contributed by atoms with E-state index in [1.807, 2.05) is 25.1 Å². The topological polar surface area (TPSA) is 53.2 Å². The molecule has 116 valence electrons. The Labute approximate surface area is 135 Å². The Morgan fingerprint density at radius 2 is 2.10 bits per heavy atom. The third-order valence-electron chi connectivity index (χ3n) is 3.87. The second-order valence-corrected chi connectivity index (χ2v) is 6.60. The molecular weight excluding hydrogens is 330 g/mol. The fourth-order valence-electron chi connectivity index (χ4n) is 2.64. The number of benzene rings is 1. The van der Waals surface area contributed by atoms with Gasteiger partial charge in [-0.25, -0.2) is 4.79 Å². The quantitative estimate of drug-likeness (QED) is 0.762. The molecule has 0 radical (unpaired) electrons. The number of carbonyl (C=O) groups excluding carboxylic acids is 1. The van der Waals surface area contributed by atoms with Crippen LogP contribution in [0.2, 0.25) is 0 Å². The lowest BCUT2D eigenvalue weighted by molar-refractivity contribution is 0.233. The van der Waals surface area contributed by atoms with E-state index >= 15 is 0 Å². The van der Waals surface area contributed by atoms with Crippen molar-refractivity contribution in [2.75, 3.05) is 19.6 Å². The number of carbonyl (C=O) groups is 1. The first-order chi connectivity index (χ1) is 10.1. The predicted molar refractivity (Wildman–Crippen MR) is 89.4 cm³/mol. The molecule has 21 heavy (non-hydrogen) atoms. The minimum absolute atomic E-state index is 0.0620. The van der Waals surface area contributed by atoms with E-state index in [0.717, 1.165) is 43.4 Å². The number of hydrogen-bond acceptors (Lipinski definition) is 2. The molecule has 1 aliphatic heterocycles. The lowest BCUT2D eigenvalue weighted by Crippen LogP contribution is -2.44. The summed E-state index contributed by atoms with van der Waals surface area (Å²) < 4.78 is 1.09. The summed E-state index contributed by atoms with van der Waals surface area (Å²) >= 11 is 3.54. The number of halogens is 1. The monoisotopic (exact) mass is 353 g/mol. The van der Waals surface area contributed by atoms with Gasteiger partial charge < -0.3 is 16.0 Å².